The summed E-state index contributed by atoms with van der Waals surface area (Å²) in [6.07, 6.45) is 1.55. The summed E-state index contributed by atoms with van der Waals surface area (Å²) in [5, 5.41) is 1.18. The van der Waals surface area contributed by atoms with Crippen LogP contribution in [0.15, 0.2) is 69.9 Å². The zero-order valence-corrected chi connectivity index (χ0v) is 12.0. The topological polar surface area (TPSA) is 98.5 Å². The SMILES string of the molecule is NC(N)=Nc1ccc(S(=O)(=O)C=Cc2ccccc2)cc1. The van der Waals surface area contributed by atoms with E-state index in [9.17, 15) is 8.42 Å². The summed E-state index contributed by atoms with van der Waals surface area (Å²) >= 11 is 0. The molecule has 5 nitrogen and oxygen atoms in total. The third-order valence-corrected chi connectivity index (χ3v) is 4.09. The predicted octanol–water partition coefficient (Wildman–Crippen LogP) is 2.04. The fraction of sp³-hybridized carbons (Fsp3) is 0. The molecule has 0 spiro atoms. The third-order valence-electron chi connectivity index (χ3n) is 2.66. The molecule has 2 aromatic carbocycles. The molecule has 0 atom stereocenters. The van der Waals surface area contributed by atoms with Crippen molar-refractivity contribution in [2.45, 2.75) is 4.90 Å². The normalized spacial score (nSPS) is 11.4. The Labute approximate surface area is 123 Å². The maximum Gasteiger partial charge on any atom is 0.199 e. The molecule has 0 bridgehead atoms. The van der Waals surface area contributed by atoms with Gasteiger partial charge in [-0.05, 0) is 35.9 Å². The van der Waals surface area contributed by atoms with Gasteiger partial charge in [0.25, 0.3) is 0 Å². The maximum absolute atomic E-state index is 12.2. The molecule has 2 rings (SSSR count). The minimum Gasteiger partial charge on any atom is -0.370 e. The van der Waals surface area contributed by atoms with Crippen LogP contribution in [0.25, 0.3) is 6.08 Å². The van der Waals surface area contributed by atoms with Crippen LogP contribution in [-0.4, -0.2) is 14.4 Å². The van der Waals surface area contributed by atoms with Gasteiger partial charge in [-0.1, -0.05) is 30.3 Å². The quantitative estimate of drug-likeness (QED) is 0.666. The lowest BCUT2D eigenvalue weighted by molar-refractivity contribution is 0.605. The van der Waals surface area contributed by atoms with Crippen molar-refractivity contribution in [1.82, 2.24) is 0 Å². The molecule has 0 aromatic heterocycles. The van der Waals surface area contributed by atoms with Crippen molar-refractivity contribution < 1.29 is 8.42 Å². The van der Waals surface area contributed by atoms with Crippen LogP contribution in [0.5, 0.6) is 0 Å². The van der Waals surface area contributed by atoms with E-state index in [1.165, 1.54) is 17.5 Å². The highest BCUT2D eigenvalue weighted by Gasteiger charge is 2.09. The van der Waals surface area contributed by atoms with E-state index >= 15 is 0 Å². The summed E-state index contributed by atoms with van der Waals surface area (Å²) in [5.74, 6) is -0.0745. The summed E-state index contributed by atoms with van der Waals surface area (Å²) in [7, 11) is -3.50. The number of rotatable bonds is 4. The first-order valence-corrected chi connectivity index (χ1v) is 7.70. The molecule has 0 aliphatic heterocycles. The maximum atomic E-state index is 12.2. The van der Waals surface area contributed by atoms with Gasteiger partial charge in [0.1, 0.15) is 0 Å². The van der Waals surface area contributed by atoms with E-state index in [0.717, 1.165) is 5.56 Å². The first kappa shape index (κ1) is 14.8. The van der Waals surface area contributed by atoms with Gasteiger partial charge in [0.05, 0.1) is 10.6 Å². The predicted molar refractivity (Wildman–Crippen MR) is 84.6 cm³/mol. The monoisotopic (exact) mass is 301 g/mol. The average molecular weight is 301 g/mol. The largest absolute Gasteiger partial charge is 0.370 e. The van der Waals surface area contributed by atoms with Crippen molar-refractivity contribution in [2.24, 2.45) is 16.5 Å². The van der Waals surface area contributed by atoms with Gasteiger partial charge in [0.2, 0.25) is 0 Å². The standard InChI is InChI=1S/C15H15N3O2S/c16-15(17)18-13-6-8-14(9-7-13)21(19,20)11-10-12-4-2-1-3-5-12/h1-11H,(H4,16,17,18). The van der Waals surface area contributed by atoms with Crippen LogP contribution in [-0.2, 0) is 9.84 Å². The van der Waals surface area contributed by atoms with E-state index < -0.39 is 9.84 Å². The fourth-order valence-electron chi connectivity index (χ4n) is 1.67. The van der Waals surface area contributed by atoms with Gasteiger partial charge in [-0.2, -0.15) is 0 Å². The van der Waals surface area contributed by atoms with Crippen LogP contribution in [0.2, 0.25) is 0 Å². The van der Waals surface area contributed by atoms with E-state index in [1.807, 2.05) is 30.3 Å². The van der Waals surface area contributed by atoms with Crippen LogP contribution in [0, 0.1) is 0 Å². The minimum absolute atomic E-state index is 0.0745. The summed E-state index contributed by atoms with van der Waals surface area (Å²) in [4.78, 5) is 4.02. The minimum atomic E-state index is -3.50. The fourth-order valence-corrected chi connectivity index (χ4v) is 2.68. The Morgan fingerprint density at radius 3 is 2.14 bits per heavy atom. The van der Waals surface area contributed by atoms with Crippen molar-refractivity contribution in [3.63, 3.8) is 0 Å². The van der Waals surface area contributed by atoms with Gasteiger partial charge in [-0.3, -0.25) is 0 Å². The zero-order valence-electron chi connectivity index (χ0n) is 11.2. The summed E-state index contributed by atoms with van der Waals surface area (Å²) in [6, 6.07) is 15.2. The van der Waals surface area contributed by atoms with Crippen molar-refractivity contribution in [3.05, 3.63) is 65.6 Å². The first-order valence-electron chi connectivity index (χ1n) is 6.15. The molecule has 4 N–H and O–H groups in total. The zero-order chi connectivity index (χ0) is 15.3. The number of nitrogens with two attached hydrogens (primary N) is 2. The molecule has 0 aliphatic carbocycles. The molecule has 21 heavy (non-hydrogen) atoms. The van der Waals surface area contributed by atoms with Gasteiger partial charge in [0.15, 0.2) is 15.8 Å². The molecule has 0 radical (unpaired) electrons. The molecule has 6 heteroatoms. The van der Waals surface area contributed by atoms with Crippen LogP contribution in [0.4, 0.5) is 5.69 Å². The number of benzene rings is 2. The van der Waals surface area contributed by atoms with Crippen molar-refractivity contribution in [3.8, 4) is 0 Å². The van der Waals surface area contributed by atoms with E-state index in [2.05, 4.69) is 4.99 Å². The smallest absolute Gasteiger partial charge is 0.199 e. The van der Waals surface area contributed by atoms with Crippen LogP contribution < -0.4 is 11.5 Å². The Kier molecular flexibility index (Phi) is 4.39. The van der Waals surface area contributed by atoms with Gasteiger partial charge >= 0.3 is 0 Å². The van der Waals surface area contributed by atoms with E-state index in [0.29, 0.717) is 5.69 Å². The van der Waals surface area contributed by atoms with Crippen molar-refractivity contribution in [1.29, 1.82) is 0 Å². The Hall–Kier alpha value is -2.60. The summed E-state index contributed by atoms with van der Waals surface area (Å²) in [6.45, 7) is 0. The van der Waals surface area contributed by atoms with Crippen LogP contribution >= 0.6 is 0 Å². The van der Waals surface area contributed by atoms with E-state index in [1.54, 1.807) is 18.2 Å². The molecule has 0 saturated carbocycles. The number of guanidine groups is 1. The van der Waals surface area contributed by atoms with Crippen LogP contribution in [0.3, 0.4) is 0 Å². The lowest BCUT2D eigenvalue weighted by Gasteiger charge is -2.00. The molecule has 108 valence electrons. The van der Waals surface area contributed by atoms with Crippen molar-refractivity contribution >= 4 is 27.6 Å². The second kappa shape index (κ2) is 6.23. The molecule has 0 amide bonds. The molecular weight excluding hydrogens is 286 g/mol. The van der Waals surface area contributed by atoms with Gasteiger partial charge in [-0.15, -0.1) is 0 Å². The van der Waals surface area contributed by atoms with Gasteiger partial charge in [-0.25, -0.2) is 13.4 Å². The number of sulfone groups is 1. The number of aliphatic imine (C=N–C) groups is 1. The lowest BCUT2D eigenvalue weighted by Crippen LogP contribution is -2.21. The molecule has 0 saturated heterocycles. The van der Waals surface area contributed by atoms with Crippen molar-refractivity contribution in [2.75, 3.05) is 0 Å². The molecule has 0 fully saturated rings. The summed E-state index contributed by atoms with van der Waals surface area (Å²) < 4.78 is 24.3. The molecule has 2 aromatic rings. The first-order chi connectivity index (χ1) is 9.97. The Morgan fingerprint density at radius 2 is 1.57 bits per heavy atom. The highest BCUT2D eigenvalue weighted by atomic mass is 32.2. The van der Waals surface area contributed by atoms with Gasteiger partial charge in [0, 0.05) is 5.41 Å². The number of hydrogen-bond acceptors (Lipinski definition) is 3. The molecular formula is C15H15N3O2S. The van der Waals surface area contributed by atoms with E-state index in [4.69, 9.17) is 11.5 Å². The molecule has 0 unspecified atom stereocenters. The Balaban J connectivity index is 2.24. The Bertz CT molecular complexity index is 760. The highest BCUT2D eigenvalue weighted by Crippen LogP contribution is 2.18. The molecule has 0 aliphatic rings. The Morgan fingerprint density at radius 1 is 0.952 bits per heavy atom. The van der Waals surface area contributed by atoms with Gasteiger partial charge < -0.3 is 11.5 Å². The van der Waals surface area contributed by atoms with Crippen LogP contribution in [0.1, 0.15) is 5.56 Å². The number of hydrogen-bond donors (Lipinski definition) is 2. The summed E-state index contributed by atoms with van der Waals surface area (Å²) in [5.41, 5.74) is 11.8. The second-order valence-corrected chi connectivity index (χ2v) is 6.12. The highest BCUT2D eigenvalue weighted by molar-refractivity contribution is 7.94. The van der Waals surface area contributed by atoms with E-state index in [-0.39, 0.29) is 10.9 Å². The second-order valence-electron chi connectivity index (χ2n) is 4.29. The molecule has 0 heterocycles. The third kappa shape index (κ3) is 4.19. The lowest BCUT2D eigenvalue weighted by atomic mass is 10.2. The average Bonchev–Trinajstić information content (AvgIpc) is 2.46. The number of nitrogens with zero attached hydrogens (tertiary/aromatic N) is 1.